The van der Waals surface area contributed by atoms with E-state index in [2.05, 4.69) is 47.6 Å². The Balaban J connectivity index is 1.44. The Labute approximate surface area is 203 Å². The van der Waals surface area contributed by atoms with Crippen molar-refractivity contribution in [2.24, 2.45) is 5.92 Å². The van der Waals surface area contributed by atoms with Gasteiger partial charge in [-0.2, -0.15) is 0 Å². The van der Waals surface area contributed by atoms with E-state index in [4.69, 9.17) is 0 Å². The number of rotatable bonds is 4. The minimum Gasteiger partial charge on any atom is -0.385 e. The number of anilines is 1. The maximum Gasteiger partial charge on any atom is 0.255 e. The number of fused-ring (bicyclic) bond motifs is 3. The van der Waals surface area contributed by atoms with Crippen LogP contribution >= 0.6 is 0 Å². The van der Waals surface area contributed by atoms with E-state index < -0.39 is 5.60 Å². The molecule has 3 atom stereocenters. The summed E-state index contributed by atoms with van der Waals surface area (Å²) in [6, 6.07) is 10.1. The van der Waals surface area contributed by atoms with Crippen molar-refractivity contribution in [3.8, 4) is 0 Å². The molecule has 1 heterocycles. The van der Waals surface area contributed by atoms with Gasteiger partial charge in [-0.05, 0) is 117 Å². The molecular formula is C30H36N2O2. The first-order valence-electron chi connectivity index (χ1n) is 12.9. The molecule has 1 amide bonds. The summed E-state index contributed by atoms with van der Waals surface area (Å²) in [5, 5.41) is 14.7. The number of hydrogen-bond donors (Lipinski definition) is 2. The molecule has 0 unspecified atom stereocenters. The molecular weight excluding hydrogens is 420 g/mol. The van der Waals surface area contributed by atoms with Crippen LogP contribution in [0.5, 0.6) is 0 Å². The molecule has 0 spiro atoms. The van der Waals surface area contributed by atoms with Crippen molar-refractivity contribution < 1.29 is 9.90 Å². The normalized spacial score (nSPS) is 28.3. The van der Waals surface area contributed by atoms with Crippen molar-refractivity contribution in [3.63, 3.8) is 0 Å². The van der Waals surface area contributed by atoms with Crippen LogP contribution in [0.1, 0.15) is 85.5 Å². The Bertz CT molecular complexity index is 1150. The highest BCUT2D eigenvalue weighted by Crippen LogP contribution is 2.55. The molecule has 4 heteroatoms. The molecule has 1 fully saturated rings. The van der Waals surface area contributed by atoms with Gasteiger partial charge in [-0.25, -0.2) is 0 Å². The Hall–Kier alpha value is -2.72. The number of benzene rings is 1. The van der Waals surface area contributed by atoms with Gasteiger partial charge in [0.1, 0.15) is 0 Å². The van der Waals surface area contributed by atoms with E-state index in [1.165, 1.54) is 16.7 Å². The van der Waals surface area contributed by atoms with Crippen molar-refractivity contribution >= 4 is 11.6 Å². The van der Waals surface area contributed by atoms with Gasteiger partial charge in [0.05, 0.1) is 17.0 Å². The lowest BCUT2D eigenvalue weighted by molar-refractivity contribution is -0.0228. The van der Waals surface area contributed by atoms with E-state index in [1.54, 1.807) is 6.20 Å². The number of carbonyl (C=O) groups excluding carboxylic acids is 1. The molecule has 5 rings (SSSR count). The molecule has 0 aliphatic heterocycles. The van der Waals surface area contributed by atoms with E-state index in [0.717, 1.165) is 69.2 Å². The predicted octanol–water partition coefficient (Wildman–Crippen LogP) is 6.43. The van der Waals surface area contributed by atoms with E-state index in [9.17, 15) is 9.90 Å². The van der Waals surface area contributed by atoms with Gasteiger partial charge in [0.2, 0.25) is 0 Å². The van der Waals surface area contributed by atoms with Gasteiger partial charge < -0.3 is 10.4 Å². The summed E-state index contributed by atoms with van der Waals surface area (Å²) in [6.45, 7) is 4.21. The fraction of sp³-hybridized carbons (Fsp3) is 0.467. The molecule has 1 aromatic carbocycles. The predicted molar refractivity (Wildman–Crippen MR) is 137 cm³/mol. The van der Waals surface area contributed by atoms with Crippen LogP contribution in [0.4, 0.5) is 5.69 Å². The third-order valence-electron chi connectivity index (χ3n) is 8.75. The van der Waals surface area contributed by atoms with Gasteiger partial charge in [-0.1, -0.05) is 31.2 Å². The Morgan fingerprint density at radius 2 is 2.12 bits per heavy atom. The van der Waals surface area contributed by atoms with Crippen LogP contribution in [0.25, 0.3) is 0 Å². The lowest BCUT2D eigenvalue weighted by Crippen LogP contribution is -2.48. The van der Waals surface area contributed by atoms with Gasteiger partial charge >= 0.3 is 0 Å². The Morgan fingerprint density at radius 1 is 1.24 bits per heavy atom. The average molecular weight is 457 g/mol. The number of carbonyl (C=O) groups is 1. The van der Waals surface area contributed by atoms with Crippen LogP contribution in [0, 0.1) is 12.8 Å². The molecule has 178 valence electrons. The zero-order valence-corrected chi connectivity index (χ0v) is 20.4. The third kappa shape index (κ3) is 4.02. The Kier molecular flexibility index (Phi) is 6.20. The molecule has 1 aromatic heterocycles. The van der Waals surface area contributed by atoms with E-state index >= 15 is 0 Å². The van der Waals surface area contributed by atoms with Crippen LogP contribution < -0.4 is 5.32 Å². The number of nitrogens with zero attached hydrogens (tertiary/aromatic N) is 1. The quantitative estimate of drug-likeness (QED) is 0.557. The second kappa shape index (κ2) is 9.14. The number of nitrogens with one attached hydrogen (secondary N) is 1. The van der Waals surface area contributed by atoms with Gasteiger partial charge in [0, 0.05) is 11.8 Å². The maximum atomic E-state index is 13.0. The fourth-order valence-electron chi connectivity index (χ4n) is 6.79. The number of amides is 1. The summed E-state index contributed by atoms with van der Waals surface area (Å²) >= 11 is 0. The van der Waals surface area contributed by atoms with Gasteiger partial charge in [-0.3, -0.25) is 9.78 Å². The van der Waals surface area contributed by atoms with Gasteiger partial charge in [0.15, 0.2) is 0 Å². The SMILES string of the molecule is CC[C@@]12CC[C@@](O)(C3=CC=CCC3)C[C@@H]1CCCc1cc(C(=O)Nc3cccnc3C)ccc12. The number of pyridine rings is 1. The highest BCUT2D eigenvalue weighted by Gasteiger charge is 2.50. The monoisotopic (exact) mass is 456 g/mol. The summed E-state index contributed by atoms with van der Waals surface area (Å²) in [7, 11) is 0. The van der Waals surface area contributed by atoms with Crippen molar-refractivity contribution in [1.29, 1.82) is 0 Å². The van der Waals surface area contributed by atoms with Crippen molar-refractivity contribution in [3.05, 3.63) is 82.7 Å². The smallest absolute Gasteiger partial charge is 0.255 e. The summed E-state index contributed by atoms with van der Waals surface area (Å²) in [4.78, 5) is 17.3. The second-order valence-electron chi connectivity index (χ2n) is 10.5. The molecule has 34 heavy (non-hydrogen) atoms. The molecule has 3 aliphatic carbocycles. The highest BCUT2D eigenvalue weighted by molar-refractivity contribution is 6.04. The molecule has 0 bridgehead atoms. The number of aromatic nitrogens is 1. The van der Waals surface area contributed by atoms with Crippen LogP contribution in [-0.4, -0.2) is 21.6 Å². The van der Waals surface area contributed by atoms with Crippen molar-refractivity contribution in [2.75, 3.05) is 5.32 Å². The first kappa shape index (κ1) is 23.0. The topological polar surface area (TPSA) is 62.2 Å². The average Bonchev–Trinajstić information content (AvgIpc) is 3.02. The third-order valence-corrected chi connectivity index (χ3v) is 8.75. The number of aliphatic hydroxyl groups is 1. The largest absolute Gasteiger partial charge is 0.385 e. The van der Waals surface area contributed by atoms with Crippen LogP contribution in [-0.2, 0) is 11.8 Å². The van der Waals surface area contributed by atoms with Crippen molar-refractivity contribution in [2.45, 2.75) is 82.7 Å². The minimum absolute atomic E-state index is 0.0814. The summed E-state index contributed by atoms with van der Waals surface area (Å²) in [6.07, 6.45) is 17.2. The van der Waals surface area contributed by atoms with Crippen LogP contribution in [0.15, 0.2) is 60.3 Å². The molecule has 4 nitrogen and oxygen atoms in total. The van der Waals surface area contributed by atoms with Gasteiger partial charge in [-0.15, -0.1) is 0 Å². The minimum atomic E-state index is -0.667. The van der Waals surface area contributed by atoms with E-state index in [1.807, 2.05) is 25.1 Å². The lowest BCUT2D eigenvalue weighted by atomic mass is 9.55. The standard InChI is InChI=1S/C30H36N2O2/c1-3-29-16-17-30(34,24-10-5-4-6-11-24)20-25(29)12-7-9-22-19-23(14-15-26(22)29)28(33)32-27-13-8-18-31-21(27)2/h4-5,8,10,13-15,18-19,25,34H,3,6-7,9,11-12,16-17,20H2,1-2H3,(H,32,33)/t25-,29+,30-/m0/s1. The number of hydrogen-bond acceptors (Lipinski definition) is 3. The van der Waals surface area contributed by atoms with E-state index in [-0.39, 0.29) is 11.3 Å². The summed E-state index contributed by atoms with van der Waals surface area (Å²) in [5.74, 6) is 0.377. The fourth-order valence-corrected chi connectivity index (χ4v) is 6.79. The summed E-state index contributed by atoms with van der Waals surface area (Å²) < 4.78 is 0. The second-order valence-corrected chi connectivity index (χ2v) is 10.5. The lowest BCUT2D eigenvalue weighted by Gasteiger charge is -2.51. The molecule has 3 aliphatic rings. The first-order valence-corrected chi connectivity index (χ1v) is 12.9. The molecule has 2 N–H and O–H groups in total. The molecule has 0 radical (unpaired) electrons. The van der Waals surface area contributed by atoms with Gasteiger partial charge in [0.25, 0.3) is 5.91 Å². The van der Waals surface area contributed by atoms with Crippen molar-refractivity contribution in [1.82, 2.24) is 4.98 Å². The van der Waals surface area contributed by atoms with E-state index in [0.29, 0.717) is 11.5 Å². The zero-order valence-electron chi connectivity index (χ0n) is 20.4. The summed E-state index contributed by atoms with van der Waals surface area (Å²) in [5.41, 5.74) is 5.64. The molecule has 1 saturated carbocycles. The number of aryl methyl sites for hydroxylation is 2. The molecule has 0 saturated heterocycles. The molecule has 2 aromatic rings. The zero-order chi connectivity index (χ0) is 23.8. The van der Waals surface area contributed by atoms with Crippen LogP contribution in [0.2, 0.25) is 0 Å². The highest BCUT2D eigenvalue weighted by atomic mass is 16.3. The number of allylic oxidation sites excluding steroid dienone is 3. The Morgan fingerprint density at radius 3 is 2.88 bits per heavy atom. The van der Waals surface area contributed by atoms with Crippen LogP contribution in [0.3, 0.4) is 0 Å². The first-order chi connectivity index (χ1) is 16.4. The maximum absolute atomic E-state index is 13.0.